The van der Waals surface area contributed by atoms with Gasteiger partial charge in [-0.3, -0.25) is 4.79 Å². The number of thiazole rings is 1. The maximum absolute atomic E-state index is 12.7. The lowest BCUT2D eigenvalue weighted by Crippen LogP contribution is -2.19. The molecule has 0 spiro atoms. The number of amides is 1. The van der Waals surface area contributed by atoms with E-state index in [0.717, 1.165) is 19.5 Å². The molecule has 0 radical (unpaired) electrons. The van der Waals surface area contributed by atoms with Gasteiger partial charge < -0.3 is 14.0 Å². The van der Waals surface area contributed by atoms with E-state index in [1.807, 2.05) is 41.0 Å². The van der Waals surface area contributed by atoms with Gasteiger partial charge in [0.15, 0.2) is 4.80 Å². The predicted molar refractivity (Wildman–Crippen MR) is 107 cm³/mol. The Hall–Kier alpha value is -1.71. The van der Waals surface area contributed by atoms with Gasteiger partial charge in [-0.05, 0) is 46.9 Å². The molecule has 3 rings (SSSR count). The molecule has 5 nitrogen and oxygen atoms in total. The number of ether oxygens (including phenoxy) is 2. The van der Waals surface area contributed by atoms with Crippen molar-refractivity contribution >= 4 is 50.1 Å². The van der Waals surface area contributed by atoms with Crippen molar-refractivity contribution in [2.45, 2.75) is 6.54 Å². The van der Waals surface area contributed by atoms with Gasteiger partial charge in [-0.1, -0.05) is 29.5 Å². The molecular formula is C18H17IN2O3S. The van der Waals surface area contributed by atoms with E-state index >= 15 is 0 Å². The first-order chi connectivity index (χ1) is 12.2. The Morgan fingerprint density at radius 3 is 2.72 bits per heavy atom. The van der Waals surface area contributed by atoms with Crippen LogP contribution in [0.15, 0.2) is 47.5 Å². The highest BCUT2D eigenvalue weighted by atomic mass is 127. The summed E-state index contributed by atoms with van der Waals surface area (Å²) in [6.45, 7) is 1.11. The Kier molecular flexibility index (Phi) is 5.87. The molecule has 1 amide bonds. The number of methoxy groups -OCH3 is 2. The van der Waals surface area contributed by atoms with Gasteiger partial charge in [0, 0.05) is 17.2 Å². The van der Waals surface area contributed by atoms with Gasteiger partial charge in [0.05, 0.1) is 24.0 Å². The van der Waals surface area contributed by atoms with Gasteiger partial charge in [-0.25, -0.2) is 0 Å². The van der Waals surface area contributed by atoms with Gasteiger partial charge in [-0.2, -0.15) is 4.99 Å². The van der Waals surface area contributed by atoms with Crippen molar-refractivity contribution in [3.05, 3.63) is 56.4 Å². The molecule has 7 heteroatoms. The topological polar surface area (TPSA) is 52.8 Å². The largest absolute Gasteiger partial charge is 0.495 e. The molecule has 3 aromatic rings. The molecule has 0 atom stereocenters. The number of fused-ring (bicyclic) bond motifs is 1. The molecule has 0 unspecified atom stereocenters. The van der Waals surface area contributed by atoms with Crippen molar-refractivity contribution in [3.8, 4) is 5.75 Å². The van der Waals surface area contributed by atoms with Gasteiger partial charge in [0.2, 0.25) is 0 Å². The second kappa shape index (κ2) is 8.11. The second-order valence-electron chi connectivity index (χ2n) is 5.23. The molecule has 0 aliphatic heterocycles. The lowest BCUT2D eigenvalue weighted by Gasteiger charge is -2.08. The van der Waals surface area contributed by atoms with E-state index < -0.39 is 0 Å². The number of hydrogen-bond donors (Lipinski definition) is 0. The van der Waals surface area contributed by atoms with Crippen molar-refractivity contribution in [3.63, 3.8) is 0 Å². The van der Waals surface area contributed by atoms with Crippen LogP contribution in [0, 0.1) is 3.57 Å². The third kappa shape index (κ3) is 3.78. The minimum atomic E-state index is -0.248. The number of benzene rings is 2. The van der Waals surface area contributed by atoms with Crippen molar-refractivity contribution in [2.24, 2.45) is 4.99 Å². The molecule has 0 N–H and O–H groups in total. The molecular weight excluding hydrogens is 451 g/mol. The van der Waals surface area contributed by atoms with E-state index in [4.69, 9.17) is 9.47 Å². The van der Waals surface area contributed by atoms with E-state index in [1.165, 1.54) is 11.3 Å². The van der Waals surface area contributed by atoms with E-state index in [1.54, 1.807) is 20.3 Å². The van der Waals surface area contributed by atoms with Crippen molar-refractivity contribution in [2.75, 3.05) is 20.8 Å². The molecule has 1 heterocycles. The Bertz CT molecular complexity index is 978. The Labute approximate surface area is 163 Å². The van der Waals surface area contributed by atoms with Gasteiger partial charge in [0.25, 0.3) is 5.91 Å². The summed E-state index contributed by atoms with van der Waals surface area (Å²) in [5, 5.41) is 0. The van der Waals surface area contributed by atoms with Crippen LogP contribution in [0.4, 0.5) is 0 Å². The highest BCUT2D eigenvalue weighted by Gasteiger charge is 2.13. The van der Waals surface area contributed by atoms with E-state index in [2.05, 4.69) is 27.6 Å². The van der Waals surface area contributed by atoms with Crippen LogP contribution in [-0.2, 0) is 11.3 Å². The zero-order chi connectivity index (χ0) is 17.8. The summed E-state index contributed by atoms with van der Waals surface area (Å²) >= 11 is 3.62. The Morgan fingerprint density at radius 1 is 1.20 bits per heavy atom. The molecule has 2 aromatic carbocycles. The fourth-order valence-corrected chi connectivity index (χ4v) is 4.21. The summed E-state index contributed by atoms with van der Waals surface area (Å²) in [5.41, 5.74) is 1.53. The number of halogens is 1. The summed E-state index contributed by atoms with van der Waals surface area (Å²) in [6.07, 6.45) is 0. The molecule has 0 saturated carbocycles. The molecule has 1 aromatic heterocycles. The van der Waals surface area contributed by atoms with Gasteiger partial charge in [-0.15, -0.1) is 0 Å². The number of carbonyl (C=O) groups excluding carboxylic acids is 1. The van der Waals surface area contributed by atoms with Gasteiger partial charge >= 0.3 is 0 Å². The number of nitrogens with zero attached hydrogens (tertiary/aromatic N) is 2. The quantitative estimate of drug-likeness (QED) is 0.537. The molecule has 130 valence electrons. The highest BCUT2D eigenvalue weighted by Crippen LogP contribution is 2.27. The minimum Gasteiger partial charge on any atom is -0.495 e. The van der Waals surface area contributed by atoms with Crippen molar-refractivity contribution in [1.82, 2.24) is 4.57 Å². The van der Waals surface area contributed by atoms with Gasteiger partial charge in [0.1, 0.15) is 11.3 Å². The number of para-hydroxylation sites is 1. The standard InChI is InChI=1S/C18H17IN2O3S/c1-23-11-10-21-16-14(24-2)8-5-9-15(16)25-18(21)20-17(22)12-6-3-4-7-13(12)19/h3-9H,10-11H2,1-2H3. The summed E-state index contributed by atoms with van der Waals surface area (Å²) in [4.78, 5) is 17.7. The number of hydrogen-bond acceptors (Lipinski definition) is 4. The third-order valence-electron chi connectivity index (χ3n) is 3.70. The summed E-state index contributed by atoms with van der Waals surface area (Å²) < 4.78 is 14.6. The first-order valence-corrected chi connectivity index (χ1v) is 9.54. The van der Waals surface area contributed by atoms with Crippen molar-refractivity contribution in [1.29, 1.82) is 0 Å². The SMILES string of the molecule is COCCn1c(=NC(=O)c2ccccc2I)sc2cccc(OC)c21. The smallest absolute Gasteiger partial charge is 0.280 e. The molecule has 0 fully saturated rings. The zero-order valence-corrected chi connectivity index (χ0v) is 16.8. The zero-order valence-electron chi connectivity index (χ0n) is 13.9. The maximum Gasteiger partial charge on any atom is 0.280 e. The molecule has 0 bridgehead atoms. The van der Waals surface area contributed by atoms with Crippen LogP contribution in [0.2, 0.25) is 0 Å². The third-order valence-corrected chi connectivity index (χ3v) is 5.69. The van der Waals surface area contributed by atoms with E-state index in [-0.39, 0.29) is 5.91 Å². The molecule has 0 aliphatic rings. The average Bonchev–Trinajstić information content (AvgIpc) is 2.97. The summed E-state index contributed by atoms with van der Waals surface area (Å²) in [6, 6.07) is 13.3. The predicted octanol–water partition coefficient (Wildman–Crippen LogP) is 3.70. The summed E-state index contributed by atoms with van der Waals surface area (Å²) in [5.74, 6) is 0.509. The second-order valence-corrected chi connectivity index (χ2v) is 7.40. The van der Waals surface area contributed by atoms with Crippen LogP contribution in [0.25, 0.3) is 10.2 Å². The fourth-order valence-electron chi connectivity index (χ4n) is 2.52. The van der Waals surface area contributed by atoms with E-state index in [9.17, 15) is 4.79 Å². The number of rotatable bonds is 5. The molecule has 0 saturated heterocycles. The Balaban J connectivity index is 2.18. The van der Waals surface area contributed by atoms with Crippen LogP contribution in [0.5, 0.6) is 5.75 Å². The molecule has 25 heavy (non-hydrogen) atoms. The van der Waals surface area contributed by atoms with Crippen LogP contribution >= 0.6 is 33.9 Å². The maximum atomic E-state index is 12.7. The first-order valence-electron chi connectivity index (χ1n) is 7.64. The first kappa shape index (κ1) is 18.1. The fraction of sp³-hybridized carbons (Fsp3) is 0.222. The number of aromatic nitrogens is 1. The summed E-state index contributed by atoms with van der Waals surface area (Å²) in [7, 11) is 3.29. The lowest BCUT2D eigenvalue weighted by molar-refractivity contribution is 0.0996. The monoisotopic (exact) mass is 468 g/mol. The number of carbonyl (C=O) groups is 1. The lowest BCUT2D eigenvalue weighted by atomic mass is 10.2. The minimum absolute atomic E-state index is 0.248. The normalized spacial score (nSPS) is 11.9. The highest BCUT2D eigenvalue weighted by molar-refractivity contribution is 14.1. The Morgan fingerprint density at radius 2 is 2.00 bits per heavy atom. The van der Waals surface area contributed by atoms with Crippen LogP contribution in [0.1, 0.15) is 10.4 Å². The van der Waals surface area contributed by atoms with Crippen LogP contribution < -0.4 is 9.54 Å². The van der Waals surface area contributed by atoms with Crippen molar-refractivity contribution < 1.29 is 14.3 Å². The van der Waals surface area contributed by atoms with Crippen LogP contribution in [-0.4, -0.2) is 31.3 Å². The van der Waals surface area contributed by atoms with Crippen LogP contribution in [0.3, 0.4) is 0 Å². The molecule has 0 aliphatic carbocycles. The average molecular weight is 468 g/mol. The van der Waals surface area contributed by atoms with E-state index in [0.29, 0.717) is 23.5 Å².